The molecule has 2 N–H and O–H groups in total. The van der Waals surface area contributed by atoms with Gasteiger partial charge in [-0.25, -0.2) is 4.39 Å². The highest BCUT2D eigenvalue weighted by atomic mass is 19.1. The van der Waals surface area contributed by atoms with Crippen LogP contribution in [0.5, 0.6) is 5.75 Å². The van der Waals surface area contributed by atoms with E-state index < -0.39 is 6.10 Å². The second kappa shape index (κ2) is 6.32. The molecule has 0 aromatic heterocycles. The van der Waals surface area contributed by atoms with Gasteiger partial charge in [0, 0.05) is 24.7 Å². The molecule has 105 valence electrons. The number of aliphatic hydroxyl groups is 2. The molecule has 4 nitrogen and oxygen atoms in total. The van der Waals surface area contributed by atoms with E-state index in [1.807, 2.05) is 11.4 Å². The molecule has 2 rings (SSSR count). The van der Waals surface area contributed by atoms with Gasteiger partial charge in [0.2, 0.25) is 0 Å². The molecule has 0 aliphatic carbocycles. The Hall–Kier alpha value is -1.17. The van der Waals surface area contributed by atoms with Crippen LogP contribution in [0.1, 0.15) is 24.4 Å². The summed E-state index contributed by atoms with van der Waals surface area (Å²) in [6.45, 7) is 2.03. The first-order valence-corrected chi connectivity index (χ1v) is 6.37. The summed E-state index contributed by atoms with van der Waals surface area (Å²) in [7, 11) is 1.56. The molecule has 1 radical (unpaired) electrons. The first-order chi connectivity index (χ1) is 9.15. The van der Waals surface area contributed by atoms with Gasteiger partial charge in [0.1, 0.15) is 11.6 Å². The Kier molecular flexibility index (Phi) is 4.74. The smallest absolute Gasteiger partial charge is 0.123 e. The molecular weight excluding hydrogens is 249 g/mol. The molecule has 1 aromatic carbocycles. The fourth-order valence-corrected chi connectivity index (χ4v) is 2.49. The topological polar surface area (TPSA) is 52.9 Å². The maximum Gasteiger partial charge on any atom is 0.123 e. The second-order valence-electron chi connectivity index (χ2n) is 4.70. The third kappa shape index (κ3) is 3.23. The van der Waals surface area contributed by atoms with Crippen molar-refractivity contribution < 1.29 is 19.3 Å². The van der Waals surface area contributed by atoms with Gasteiger partial charge in [-0.15, -0.1) is 0 Å². The van der Waals surface area contributed by atoms with Crippen LogP contribution in [0.2, 0.25) is 0 Å². The van der Waals surface area contributed by atoms with Crippen molar-refractivity contribution in [2.24, 2.45) is 0 Å². The Labute approximate surface area is 112 Å². The van der Waals surface area contributed by atoms with E-state index >= 15 is 0 Å². The lowest BCUT2D eigenvalue weighted by molar-refractivity contribution is 0.0616. The quantitative estimate of drug-likeness (QED) is 0.849. The Bertz CT molecular complexity index is 427. The first-order valence-electron chi connectivity index (χ1n) is 6.37. The number of aliphatic hydroxyl groups excluding tert-OH is 2. The molecule has 1 aliphatic heterocycles. The normalized spacial score (nSPS) is 21.6. The van der Waals surface area contributed by atoms with E-state index in [1.54, 1.807) is 13.2 Å². The molecule has 1 heterocycles. The molecule has 1 aromatic rings. The summed E-state index contributed by atoms with van der Waals surface area (Å²) in [5, 5.41) is 18.5. The van der Waals surface area contributed by atoms with Crippen molar-refractivity contribution in [1.82, 2.24) is 4.90 Å². The number of benzene rings is 1. The summed E-state index contributed by atoms with van der Waals surface area (Å²) in [6.07, 6.45) is 0.914. The Morgan fingerprint density at radius 3 is 3.00 bits per heavy atom. The Morgan fingerprint density at radius 2 is 2.32 bits per heavy atom. The van der Waals surface area contributed by atoms with E-state index in [-0.39, 0.29) is 18.5 Å². The highest BCUT2D eigenvalue weighted by Gasteiger charge is 2.30. The predicted octanol–water partition coefficient (Wildman–Crippen LogP) is 1.49. The van der Waals surface area contributed by atoms with Crippen LogP contribution in [0.3, 0.4) is 0 Å². The average Bonchev–Trinajstić information content (AvgIpc) is 2.86. The molecule has 1 saturated heterocycles. The van der Waals surface area contributed by atoms with Gasteiger partial charge in [-0.3, -0.25) is 4.90 Å². The molecule has 0 unspecified atom stereocenters. The number of likely N-dealkylation sites (tertiary alicyclic amines) is 1. The summed E-state index contributed by atoms with van der Waals surface area (Å²) < 4.78 is 18.7. The van der Waals surface area contributed by atoms with Crippen molar-refractivity contribution in [2.75, 3.05) is 20.3 Å². The first kappa shape index (κ1) is 14.2. The van der Waals surface area contributed by atoms with Gasteiger partial charge in [-0.1, -0.05) is 0 Å². The van der Waals surface area contributed by atoms with Gasteiger partial charge in [-0.05, 0) is 31.0 Å². The van der Waals surface area contributed by atoms with E-state index in [0.29, 0.717) is 12.3 Å². The lowest BCUT2D eigenvalue weighted by Crippen LogP contribution is -2.32. The van der Waals surface area contributed by atoms with Gasteiger partial charge in [0.05, 0.1) is 19.8 Å². The van der Waals surface area contributed by atoms with E-state index in [1.165, 1.54) is 12.1 Å². The van der Waals surface area contributed by atoms with Gasteiger partial charge < -0.3 is 14.9 Å². The highest BCUT2D eigenvalue weighted by molar-refractivity contribution is 5.37. The zero-order valence-electron chi connectivity index (χ0n) is 10.9. The van der Waals surface area contributed by atoms with Crippen LogP contribution in [0.4, 0.5) is 4.39 Å². The summed E-state index contributed by atoms with van der Waals surface area (Å²) in [5.41, 5.74) is 0.779. The minimum atomic E-state index is -0.795. The van der Waals surface area contributed by atoms with Crippen LogP contribution in [0.15, 0.2) is 18.2 Å². The SMILES string of the molecule is COc1ccc(F)cc1[C@H]1CC[CH]N1C[C@H](O)CO. The van der Waals surface area contributed by atoms with E-state index in [4.69, 9.17) is 9.84 Å². The largest absolute Gasteiger partial charge is 0.496 e. The number of halogens is 1. The zero-order chi connectivity index (χ0) is 13.8. The van der Waals surface area contributed by atoms with Crippen molar-refractivity contribution in [1.29, 1.82) is 0 Å². The van der Waals surface area contributed by atoms with Crippen LogP contribution >= 0.6 is 0 Å². The van der Waals surface area contributed by atoms with Crippen molar-refractivity contribution in [3.63, 3.8) is 0 Å². The summed E-state index contributed by atoms with van der Waals surface area (Å²) in [6, 6.07) is 4.44. The van der Waals surface area contributed by atoms with Crippen LogP contribution in [-0.2, 0) is 0 Å². The summed E-state index contributed by atoms with van der Waals surface area (Å²) in [4.78, 5) is 1.94. The van der Waals surface area contributed by atoms with Gasteiger partial charge in [0.15, 0.2) is 0 Å². The van der Waals surface area contributed by atoms with Crippen molar-refractivity contribution in [3.8, 4) is 5.75 Å². The number of β-amino-alcohol motifs (C(OH)–C–C–N with tert-alkyl or cyclic N) is 1. The van der Waals surface area contributed by atoms with Gasteiger partial charge in [0.25, 0.3) is 0 Å². The van der Waals surface area contributed by atoms with E-state index in [9.17, 15) is 9.50 Å². The van der Waals surface area contributed by atoms with Crippen molar-refractivity contribution >= 4 is 0 Å². The molecule has 19 heavy (non-hydrogen) atoms. The standard InChI is InChI=1S/C14H19FNO3/c1-19-14-5-4-10(15)7-12(14)13-3-2-6-16(13)8-11(18)9-17/h4-7,11,13,17-18H,2-3,8-9H2,1H3/t11-,13+/m0/s1. The fraction of sp³-hybridized carbons (Fsp3) is 0.500. The lowest BCUT2D eigenvalue weighted by Gasteiger charge is -2.27. The van der Waals surface area contributed by atoms with Gasteiger partial charge >= 0.3 is 0 Å². The number of ether oxygens (including phenoxy) is 1. The summed E-state index contributed by atoms with van der Waals surface area (Å²) in [5.74, 6) is 0.343. The maximum absolute atomic E-state index is 13.4. The predicted molar refractivity (Wildman–Crippen MR) is 69.0 cm³/mol. The molecule has 0 bridgehead atoms. The monoisotopic (exact) mass is 268 g/mol. The number of hydrogen-bond acceptors (Lipinski definition) is 4. The highest BCUT2D eigenvalue weighted by Crippen LogP contribution is 2.38. The molecule has 5 heteroatoms. The van der Waals surface area contributed by atoms with Crippen LogP contribution in [0.25, 0.3) is 0 Å². The number of methoxy groups -OCH3 is 1. The van der Waals surface area contributed by atoms with E-state index in [2.05, 4.69) is 0 Å². The third-order valence-electron chi connectivity index (χ3n) is 3.39. The lowest BCUT2D eigenvalue weighted by atomic mass is 10.0. The summed E-state index contributed by atoms with van der Waals surface area (Å²) >= 11 is 0. The van der Waals surface area contributed by atoms with Crippen LogP contribution in [-0.4, -0.2) is 41.5 Å². The Balaban J connectivity index is 2.21. The molecular formula is C14H19FNO3. The van der Waals surface area contributed by atoms with Crippen LogP contribution < -0.4 is 4.74 Å². The van der Waals surface area contributed by atoms with Crippen molar-refractivity contribution in [2.45, 2.75) is 25.0 Å². The molecule has 0 amide bonds. The minimum absolute atomic E-state index is 0.0214. The Morgan fingerprint density at radius 1 is 1.53 bits per heavy atom. The van der Waals surface area contributed by atoms with Crippen molar-refractivity contribution in [3.05, 3.63) is 36.1 Å². The molecule has 2 atom stereocenters. The maximum atomic E-state index is 13.4. The molecule has 1 fully saturated rings. The number of hydrogen-bond donors (Lipinski definition) is 2. The molecule has 1 aliphatic rings. The molecule has 0 spiro atoms. The van der Waals surface area contributed by atoms with E-state index in [0.717, 1.165) is 18.4 Å². The number of nitrogens with zero attached hydrogens (tertiary/aromatic N) is 1. The fourth-order valence-electron chi connectivity index (χ4n) is 2.49. The van der Waals surface area contributed by atoms with Crippen LogP contribution in [0, 0.1) is 12.4 Å². The zero-order valence-corrected chi connectivity index (χ0v) is 10.9. The average molecular weight is 268 g/mol. The number of rotatable bonds is 5. The second-order valence-corrected chi connectivity index (χ2v) is 4.70. The molecule has 0 saturated carbocycles. The minimum Gasteiger partial charge on any atom is -0.496 e. The van der Waals surface area contributed by atoms with Gasteiger partial charge in [-0.2, -0.15) is 0 Å². The third-order valence-corrected chi connectivity index (χ3v) is 3.39.